The van der Waals surface area contributed by atoms with Gasteiger partial charge in [0.15, 0.2) is 11.0 Å². The van der Waals surface area contributed by atoms with Gasteiger partial charge in [-0.05, 0) is 32.1 Å². The van der Waals surface area contributed by atoms with Gasteiger partial charge in [-0.1, -0.05) is 4.57 Å². The van der Waals surface area contributed by atoms with E-state index in [1.807, 2.05) is 0 Å². The molecule has 0 aromatic rings. The second-order valence-electron chi connectivity index (χ2n) is 4.89. The van der Waals surface area contributed by atoms with Gasteiger partial charge in [0.2, 0.25) is 0 Å². The molecule has 1 aliphatic heterocycles. The molecule has 1 heterocycles. The second-order valence-corrected chi connectivity index (χ2v) is 6.70. The van der Waals surface area contributed by atoms with E-state index in [1.165, 1.54) is 5.57 Å². The fourth-order valence-electron chi connectivity index (χ4n) is 2.54. The fourth-order valence-corrected chi connectivity index (χ4v) is 4.62. The molecule has 0 spiro atoms. The van der Waals surface area contributed by atoms with E-state index in [9.17, 15) is 4.57 Å². The van der Waals surface area contributed by atoms with Crippen LogP contribution in [-0.4, -0.2) is 5.66 Å². The molecule has 0 fully saturated rings. The van der Waals surface area contributed by atoms with Crippen molar-refractivity contribution in [1.82, 2.24) is 0 Å². The van der Waals surface area contributed by atoms with Crippen molar-refractivity contribution in [2.75, 3.05) is 0 Å². The molecule has 0 amide bonds. The predicted octanol–water partition coefficient (Wildman–Crippen LogP) is 4.53. The molecule has 0 aromatic carbocycles. The normalized spacial score (nSPS) is 18.9. The molecular formula is C15H19N3OP+. The van der Waals surface area contributed by atoms with Gasteiger partial charge < -0.3 is 0 Å². The van der Waals surface area contributed by atoms with E-state index < -0.39 is 7.80 Å². The van der Waals surface area contributed by atoms with Crippen LogP contribution in [0, 0.1) is 34.0 Å². The third kappa shape index (κ3) is 4.45. The first-order chi connectivity index (χ1) is 9.76. The second kappa shape index (κ2) is 9.25. The van der Waals surface area contributed by atoms with E-state index in [1.54, 1.807) is 0 Å². The molecule has 2 atom stereocenters. The van der Waals surface area contributed by atoms with Gasteiger partial charge >= 0.3 is 7.80 Å². The predicted molar refractivity (Wildman–Crippen MR) is 76.8 cm³/mol. The SMILES string of the molecule is N#CCCCC1=C(CCCC#N)[P+](=O)C1CCCC#N. The Hall–Kier alpha value is -1.69. The van der Waals surface area contributed by atoms with Gasteiger partial charge in [-0.2, -0.15) is 15.8 Å². The van der Waals surface area contributed by atoms with E-state index in [-0.39, 0.29) is 5.66 Å². The standard InChI is InChI=1S/C15H19N3OP/c16-10-4-1-7-13-14(8-2-5-11-17)20(19)15(13)9-3-6-12-18/h14H,1-9H2/q+1. The summed E-state index contributed by atoms with van der Waals surface area (Å²) in [5, 5.41) is 26.8. The number of hydrogen-bond donors (Lipinski definition) is 0. The maximum absolute atomic E-state index is 12.3. The van der Waals surface area contributed by atoms with Crippen LogP contribution in [0.2, 0.25) is 0 Å². The molecule has 0 radical (unpaired) electrons. The van der Waals surface area contributed by atoms with Crippen LogP contribution in [0.3, 0.4) is 0 Å². The minimum atomic E-state index is -1.31. The van der Waals surface area contributed by atoms with Crippen LogP contribution < -0.4 is 0 Å². The average Bonchev–Trinajstić information content (AvgIpc) is 2.46. The summed E-state index contributed by atoms with van der Waals surface area (Å²) < 4.78 is 12.3. The summed E-state index contributed by atoms with van der Waals surface area (Å²) in [5.74, 6) is 0. The third-order valence-electron chi connectivity index (χ3n) is 3.53. The maximum Gasteiger partial charge on any atom is 0.380 e. The van der Waals surface area contributed by atoms with Crippen LogP contribution in [-0.2, 0) is 4.57 Å². The zero-order chi connectivity index (χ0) is 14.8. The highest BCUT2D eigenvalue weighted by atomic mass is 31.1. The lowest BCUT2D eigenvalue weighted by molar-refractivity contribution is 0.563. The number of rotatable bonds is 9. The van der Waals surface area contributed by atoms with Crippen LogP contribution >= 0.6 is 7.80 Å². The molecule has 1 aliphatic rings. The number of nitriles is 3. The monoisotopic (exact) mass is 288 g/mol. The minimum Gasteiger partial charge on any atom is -0.198 e. The third-order valence-corrected chi connectivity index (χ3v) is 5.70. The lowest BCUT2D eigenvalue weighted by atomic mass is 9.98. The first kappa shape index (κ1) is 16.4. The molecule has 0 N–H and O–H groups in total. The van der Waals surface area contributed by atoms with Gasteiger partial charge in [-0.25, -0.2) is 0 Å². The molecule has 2 unspecified atom stereocenters. The van der Waals surface area contributed by atoms with Gasteiger partial charge in [0.25, 0.3) is 0 Å². The number of allylic oxidation sites excluding steroid dienone is 2. The van der Waals surface area contributed by atoms with Crippen LogP contribution in [0.25, 0.3) is 0 Å². The first-order valence-corrected chi connectivity index (χ1v) is 8.38. The number of unbranched alkanes of at least 4 members (excludes halogenated alkanes) is 3. The summed E-state index contributed by atoms with van der Waals surface area (Å²) >= 11 is 0. The lowest BCUT2D eigenvalue weighted by Gasteiger charge is -2.21. The Morgan fingerprint density at radius 1 is 0.900 bits per heavy atom. The van der Waals surface area contributed by atoms with Gasteiger partial charge in [-0.15, -0.1) is 0 Å². The van der Waals surface area contributed by atoms with E-state index in [2.05, 4.69) is 18.2 Å². The van der Waals surface area contributed by atoms with Gasteiger partial charge in [0, 0.05) is 31.3 Å². The van der Waals surface area contributed by atoms with Crippen molar-refractivity contribution in [3.8, 4) is 18.2 Å². The van der Waals surface area contributed by atoms with Gasteiger partial charge in [0.05, 0.1) is 18.2 Å². The summed E-state index contributed by atoms with van der Waals surface area (Å²) in [7, 11) is -1.31. The van der Waals surface area contributed by atoms with Crippen molar-refractivity contribution in [2.24, 2.45) is 0 Å². The minimum absolute atomic E-state index is 0.120. The summed E-state index contributed by atoms with van der Waals surface area (Å²) in [6.45, 7) is 0. The Balaban J connectivity index is 2.62. The highest BCUT2D eigenvalue weighted by molar-refractivity contribution is 7.52. The quantitative estimate of drug-likeness (QED) is 0.460. The zero-order valence-corrected chi connectivity index (χ0v) is 12.5. The average molecular weight is 288 g/mol. The maximum atomic E-state index is 12.3. The summed E-state index contributed by atoms with van der Waals surface area (Å²) in [6, 6.07) is 6.36. The Kier molecular flexibility index (Phi) is 7.57. The lowest BCUT2D eigenvalue weighted by Crippen LogP contribution is -2.19. The molecule has 104 valence electrons. The Labute approximate surface area is 121 Å². The molecule has 20 heavy (non-hydrogen) atoms. The summed E-state index contributed by atoms with van der Waals surface area (Å²) in [5.41, 5.74) is 1.37. The van der Waals surface area contributed by atoms with Crippen molar-refractivity contribution in [3.63, 3.8) is 0 Å². The Morgan fingerprint density at radius 2 is 1.45 bits per heavy atom. The van der Waals surface area contributed by atoms with Crippen molar-refractivity contribution in [3.05, 3.63) is 10.9 Å². The smallest absolute Gasteiger partial charge is 0.198 e. The molecule has 1 rings (SSSR count). The number of nitrogens with zero attached hydrogens (tertiary/aromatic N) is 3. The molecule has 0 saturated carbocycles. The van der Waals surface area contributed by atoms with Gasteiger partial charge in [-0.3, -0.25) is 0 Å². The molecule has 0 bridgehead atoms. The van der Waals surface area contributed by atoms with E-state index >= 15 is 0 Å². The summed E-state index contributed by atoms with van der Waals surface area (Å²) in [4.78, 5) is 0. The highest BCUT2D eigenvalue weighted by Crippen LogP contribution is 2.58. The van der Waals surface area contributed by atoms with Crippen molar-refractivity contribution >= 4 is 7.80 Å². The Bertz CT molecular complexity index is 505. The van der Waals surface area contributed by atoms with Crippen LogP contribution in [0.4, 0.5) is 0 Å². The molecule has 0 aliphatic carbocycles. The number of hydrogen-bond acceptors (Lipinski definition) is 4. The summed E-state index contributed by atoms with van der Waals surface area (Å²) in [6.07, 6.45) is 6.29. The zero-order valence-electron chi connectivity index (χ0n) is 11.6. The molecule has 4 nitrogen and oxygen atoms in total. The van der Waals surface area contributed by atoms with Crippen LogP contribution in [0.15, 0.2) is 10.9 Å². The van der Waals surface area contributed by atoms with Crippen LogP contribution in [0.1, 0.15) is 57.8 Å². The first-order valence-electron chi connectivity index (χ1n) is 7.05. The largest absolute Gasteiger partial charge is 0.380 e. The fraction of sp³-hybridized carbons (Fsp3) is 0.667. The van der Waals surface area contributed by atoms with Crippen molar-refractivity contribution in [1.29, 1.82) is 15.8 Å². The van der Waals surface area contributed by atoms with Gasteiger partial charge in [0.1, 0.15) is 0 Å². The van der Waals surface area contributed by atoms with Crippen LogP contribution in [0.5, 0.6) is 0 Å². The van der Waals surface area contributed by atoms with Crippen molar-refractivity contribution < 1.29 is 4.57 Å². The van der Waals surface area contributed by atoms with E-state index in [0.29, 0.717) is 19.3 Å². The molecule has 0 saturated heterocycles. The van der Waals surface area contributed by atoms with Crippen molar-refractivity contribution in [2.45, 2.75) is 63.4 Å². The van der Waals surface area contributed by atoms with E-state index in [4.69, 9.17) is 15.8 Å². The van der Waals surface area contributed by atoms with E-state index in [0.717, 1.165) is 43.8 Å². The topological polar surface area (TPSA) is 88.4 Å². The molecule has 5 heteroatoms. The molecular weight excluding hydrogens is 269 g/mol. The Morgan fingerprint density at radius 3 is 2.05 bits per heavy atom. The highest BCUT2D eigenvalue weighted by Gasteiger charge is 2.49. The molecule has 0 aromatic heterocycles.